The Kier molecular flexibility index (Phi) is 4.77. The lowest BCUT2D eigenvalue weighted by Gasteiger charge is -2.02. The zero-order valence-corrected chi connectivity index (χ0v) is 9.39. The molecule has 0 aliphatic carbocycles. The maximum Gasteiger partial charge on any atom is 0.133 e. The number of aliphatic hydroxyl groups excluding tert-OH is 1. The van der Waals surface area contributed by atoms with Crippen molar-refractivity contribution in [3.8, 4) is 0 Å². The molecule has 14 heavy (non-hydrogen) atoms. The molecule has 0 saturated carbocycles. The summed E-state index contributed by atoms with van der Waals surface area (Å²) in [7, 11) is 0.295. The highest BCUT2D eigenvalue weighted by Crippen LogP contribution is 2.09. The molecule has 1 nitrogen and oxygen atoms in total. The molecule has 0 bridgehead atoms. The summed E-state index contributed by atoms with van der Waals surface area (Å²) in [5.74, 6) is 1.97. The first-order valence-electron chi connectivity index (χ1n) is 4.67. The van der Waals surface area contributed by atoms with Gasteiger partial charge in [-0.25, -0.2) is 0 Å². The molecule has 0 fully saturated rings. The Morgan fingerprint density at radius 1 is 1.36 bits per heavy atom. The summed E-state index contributed by atoms with van der Waals surface area (Å²) in [4.78, 5) is 0. The van der Waals surface area contributed by atoms with Gasteiger partial charge in [-0.1, -0.05) is 36.9 Å². The second kappa shape index (κ2) is 5.89. The summed E-state index contributed by atoms with van der Waals surface area (Å²) >= 11 is 0. The van der Waals surface area contributed by atoms with Gasteiger partial charge in [0.1, 0.15) is 11.5 Å². The molecule has 1 atom stereocenters. The number of hydrogen-bond donors (Lipinski definition) is 1. The van der Waals surface area contributed by atoms with E-state index >= 15 is 0 Å². The average molecular weight is 209 g/mol. The first-order valence-corrected chi connectivity index (χ1v) is 6.64. The van der Waals surface area contributed by atoms with E-state index in [0.717, 1.165) is 17.1 Å². The molecule has 1 N–H and O–H groups in total. The van der Waals surface area contributed by atoms with Gasteiger partial charge in [0.2, 0.25) is 0 Å². The second-order valence-electron chi connectivity index (χ2n) is 3.30. The summed E-state index contributed by atoms with van der Waals surface area (Å²) in [6, 6.07) is 8.44. The van der Waals surface area contributed by atoms with Crippen LogP contribution in [0.3, 0.4) is 0 Å². The van der Waals surface area contributed by atoms with Crippen LogP contribution in [0.2, 0.25) is 0 Å². The Morgan fingerprint density at radius 3 is 2.50 bits per heavy atom. The van der Waals surface area contributed by atoms with Crippen LogP contribution in [0, 0.1) is 0 Å². The first kappa shape index (κ1) is 11.3. The van der Waals surface area contributed by atoms with Crippen LogP contribution in [0.5, 0.6) is 0 Å². The fraction of sp³-hybridized carbons (Fsp3) is 0.333. The van der Waals surface area contributed by atoms with Gasteiger partial charge in [-0.15, -0.1) is 0 Å². The molecule has 0 saturated heterocycles. The second-order valence-corrected chi connectivity index (χ2v) is 5.56. The zero-order chi connectivity index (χ0) is 10.4. The van der Waals surface area contributed by atoms with Crippen molar-refractivity contribution in [3.63, 3.8) is 0 Å². The van der Waals surface area contributed by atoms with Gasteiger partial charge in [-0.05, 0) is 16.5 Å². The van der Waals surface area contributed by atoms with Crippen molar-refractivity contribution >= 4 is 17.0 Å². The monoisotopic (exact) mass is 209 g/mol. The lowest BCUT2D eigenvalue weighted by atomic mass is 10.1. The third kappa shape index (κ3) is 3.56. The molecule has 0 aromatic heterocycles. The molecule has 76 valence electrons. The summed E-state index contributed by atoms with van der Waals surface area (Å²) < 4.78 is 0. The molecule has 1 aromatic carbocycles. The SMILES string of the molecule is C=Cc1ccc(C[S+](C)CCO)cc1. The van der Waals surface area contributed by atoms with E-state index in [1.165, 1.54) is 5.56 Å². The minimum Gasteiger partial charge on any atom is -0.391 e. The lowest BCUT2D eigenvalue weighted by Crippen LogP contribution is -2.10. The van der Waals surface area contributed by atoms with Crippen molar-refractivity contribution in [2.75, 3.05) is 18.6 Å². The van der Waals surface area contributed by atoms with E-state index in [1.54, 1.807) is 0 Å². The van der Waals surface area contributed by atoms with E-state index in [-0.39, 0.29) is 0 Å². The van der Waals surface area contributed by atoms with Gasteiger partial charge in [-0.2, -0.15) is 0 Å². The molecule has 0 spiro atoms. The van der Waals surface area contributed by atoms with Gasteiger partial charge in [0.05, 0.1) is 12.9 Å². The molecule has 1 unspecified atom stereocenters. The number of aliphatic hydroxyl groups is 1. The Hall–Kier alpha value is -0.730. The van der Waals surface area contributed by atoms with Gasteiger partial charge in [0.25, 0.3) is 0 Å². The topological polar surface area (TPSA) is 20.2 Å². The quantitative estimate of drug-likeness (QED) is 0.736. The van der Waals surface area contributed by atoms with Crippen molar-refractivity contribution < 1.29 is 5.11 Å². The normalized spacial score (nSPS) is 12.4. The maximum atomic E-state index is 8.79. The van der Waals surface area contributed by atoms with E-state index in [2.05, 4.69) is 37.1 Å². The fourth-order valence-electron chi connectivity index (χ4n) is 1.26. The van der Waals surface area contributed by atoms with Crippen LogP contribution in [0.25, 0.3) is 6.08 Å². The summed E-state index contributed by atoms with van der Waals surface area (Å²) in [6.45, 7) is 4.02. The third-order valence-electron chi connectivity index (χ3n) is 2.07. The lowest BCUT2D eigenvalue weighted by molar-refractivity contribution is 0.322. The van der Waals surface area contributed by atoms with Crippen LogP contribution < -0.4 is 0 Å². The molecule has 0 amide bonds. The molecular weight excluding hydrogens is 192 g/mol. The summed E-state index contributed by atoms with van der Waals surface area (Å²) in [5.41, 5.74) is 2.50. The Morgan fingerprint density at radius 2 is 2.00 bits per heavy atom. The van der Waals surface area contributed by atoms with Crippen LogP contribution in [-0.4, -0.2) is 23.7 Å². The van der Waals surface area contributed by atoms with Crippen LogP contribution in [0.15, 0.2) is 30.8 Å². The van der Waals surface area contributed by atoms with Gasteiger partial charge >= 0.3 is 0 Å². The summed E-state index contributed by atoms with van der Waals surface area (Å²) in [6.07, 6.45) is 4.04. The minimum absolute atomic E-state index is 0.295. The van der Waals surface area contributed by atoms with Gasteiger partial charge < -0.3 is 5.11 Å². The van der Waals surface area contributed by atoms with E-state index < -0.39 is 0 Å². The molecule has 0 aliphatic heterocycles. The Labute approximate surface area is 88.8 Å². The minimum atomic E-state index is 0.295. The Balaban J connectivity index is 2.55. The predicted octanol–water partition coefficient (Wildman–Crippen LogP) is 2.07. The highest BCUT2D eigenvalue weighted by molar-refractivity contribution is 7.95. The summed E-state index contributed by atoms with van der Waals surface area (Å²) in [5, 5.41) is 8.79. The predicted molar refractivity (Wildman–Crippen MR) is 65.5 cm³/mol. The van der Waals surface area contributed by atoms with Gasteiger partial charge in [0.15, 0.2) is 0 Å². The van der Waals surface area contributed by atoms with E-state index in [9.17, 15) is 0 Å². The molecule has 2 heteroatoms. The molecular formula is C12H17OS+. The number of benzene rings is 1. The third-order valence-corrected chi connectivity index (χ3v) is 3.77. The largest absolute Gasteiger partial charge is 0.391 e. The molecule has 1 aromatic rings. The van der Waals surface area contributed by atoms with E-state index in [1.807, 2.05) is 6.08 Å². The van der Waals surface area contributed by atoms with Crippen molar-refractivity contribution in [2.24, 2.45) is 0 Å². The van der Waals surface area contributed by atoms with E-state index in [4.69, 9.17) is 5.11 Å². The van der Waals surface area contributed by atoms with E-state index in [0.29, 0.717) is 17.5 Å². The number of rotatable bonds is 5. The van der Waals surface area contributed by atoms with Crippen molar-refractivity contribution in [1.29, 1.82) is 0 Å². The highest BCUT2D eigenvalue weighted by atomic mass is 32.2. The zero-order valence-electron chi connectivity index (χ0n) is 8.57. The van der Waals surface area contributed by atoms with Crippen molar-refractivity contribution in [3.05, 3.63) is 42.0 Å². The average Bonchev–Trinajstić information content (AvgIpc) is 2.19. The standard InChI is InChI=1S/C12H17OS/c1-3-11-4-6-12(7-5-11)10-14(2)9-8-13/h3-7,13H,1,8-10H2,2H3/q+1. The molecule has 1 rings (SSSR count). The first-order chi connectivity index (χ1) is 6.76. The fourth-order valence-corrected chi connectivity index (χ4v) is 2.48. The Bertz CT molecular complexity index is 279. The van der Waals surface area contributed by atoms with Crippen LogP contribution in [0.4, 0.5) is 0 Å². The molecule has 0 aliphatic rings. The van der Waals surface area contributed by atoms with Crippen LogP contribution in [0.1, 0.15) is 11.1 Å². The van der Waals surface area contributed by atoms with Gasteiger partial charge in [-0.3, -0.25) is 0 Å². The van der Waals surface area contributed by atoms with Crippen molar-refractivity contribution in [2.45, 2.75) is 5.75 Å². The van der Waals surface area contributed by atoms with Gasteiger partial charge in [0, 0.05) is 5.56 Å². The van der Waals surface area contributed by atoms with Crippen molar-refractivity contribution in [1.82, 2.24) is 0 Å². The smallest absolute Gasteiger partial charge is 0.133 e. The van der Waals surface area contributed by atoms with Crippen LogP contribution >= 0.6 is 0 Å². The molecule has 0 heterocycles. The highest BCUT2D eigenvalue weighted by Gasteiger charge is 2.10. The maximum absolute atomic E-state index is 8.79. The van der Waals surface area contributed by atoms with Crippen LogP contribution in [-0.2, 0) is 16.6 Å². The molecule has 0 radical (unpaired) electrons. The number of hydrogen-bond acceptors (Lipinski definition) is 1.